The summed E-state index contributed by atoms with van der Waals surface area (Å²) in [5, 5.41) is 0.773. The number of nitrogens with zero attached hydrogens (tertiary/aromatic N) is 1. The molecular formula is C19H20N2O2S. The second-order valence-corrected chi connectivity index (χ2v) is 8.44. The standard InChI is InChI=1S/C19H20N2O2S/c1-19(2,3)14-9-11-15(12-10-14)24(22,23)21-18-8-4-7-17-16(18)6-5-13-20-17/h4-13,21H,1-3H3. The van der Waals surface area contributed by atoms with E-state index in [1.165, 1.54) is 0 Å². The third-order valence-corrected chi connectivity index (χ3v) is 5.30. The molecule has 0 aliphatic carbocycles. The summed E-state index contributed by atoms with van der Waals surface area (Å²) in [5.41, 5.74) is 2.36. The highest BCUT2D eigenvalue weighted by atomic mass is 32.2. The van der Waals surface area contributed by atoms with E-state index in [1.54, 1.807) is 36.5 Å². The summed E-state index contributed by atoms with van der Waals surface area (Å²) in [6.45, 7) is 6.29. The molecule has 1 N–H and O–H groups in total. The summed E-state index contributed by atoms with van der Waals surface area (Å²) in [5.74, 6) is 0. The van der Waals surface area contributed by atoms with E-state index in [4.69, 9.17) is 0 Å². The highest BCUT2D eigenvalue weighted by molar-refractivity contribution is 7.92. The van der Waals surface area contributed by atoms with Gasteiger partial charge in [0.15, 0.2) is 0 Å². The Labute approximate surface area is 142 Å². The van der Waals surface area contributed by atoms with Gasteiger partial charge in [0, 0.05) is 11.6 Å². The van der Waals surface area contributed by atoms with Gasteiger partial charge in [-0.25, -0.2) is 8.42 Å². The fraction of sp³-hybridized carbons (Fsp3) is 0.211. The van der Waals surface area contributed by atoms with E-state index in [0.717, 1.165) is 16.5 Å². The Morgan fingerprint density at radius 3 is 2.29 bits per heavy atom. The van der Waals surface area contributed by atoms with E-state index >= 15 is 0 Å². The van der Waals surface area contributed by atoms with Gasteiger partial charge < -0.3 is 0 Å². The number of anilines is 1. The molecule has 0 unspecified atom stereocenters. The maximum Gasteiger partial charge on any atom is 0.261 e. The predicted octanol–water partition coefficient (Wildman–Crippen LogP) is 4.33. The lowest BCUT2D eigenvalue weighted by Crippen LogP contribution is -2.15. The average molecular weight is 340 g/mol. The molecule has 0 atom stereocenters. The molecule has 0 radical (unpaired) electrons. The molecule has 0 bridgehead atoms. The summed E-state index contributed by atoms with van der Waals surface area (Å²) in [7, 11) is -3.64. The van der Waals surface area contributed by atoms with Gasteiger partial charge in [-0.05, 0) is 47.4 Å². The lowest BCUT2D eigenvalue weighted by Gasteiger charge is -2.19. The summed E-state index contributed by atoms with van der Waals surface area (Å²) >= 11 is 0. The van der Waals surface area contributed by atoms with Crippen molar-refractivity contribution in [3.8, 4) is 0 Å². The Hall–Kier alpha value is -2.40. The minimum atomic E-state index is -3.64. The zero-order chi connectivity index (χ0) is 17.4. The van der Waals surface area contributed by atoms with Crippen LogP contribution in [0, 0.1) is 0 Å². The maximum atomic E-state index is 12.7. The molecule has 4 nitrogen and oxygen atoms in total. The van der Waals surface area contributed by atoms with Crippen LogP contribution in [0.2, 0.25) is 0 Å². The van der Waals surface area contributed by atoms with Gasteiger partial charge in [0.1, 0.15) is 0 Å². The summed E-state index contributed by atoms with van der Waals surface area (Å²) < 4.78 is 28.0. The molecular weight excluding hydrogens is 320 g/mol. The molecule has 2 aromatic carbocycles. The first kappa shape index (κ1) is 16.5. The Bertz CT molecular complexity index is 967. The van der Waals surface area contributed by atoms with Crippen LogP contribution in [0.1, 0.15) is 26.3 Å². The van der Waals surface area contributed by atoms with E-state index in [0.29, 0.717) is 5.69 Å². The zero-order valence-corrected chi connectivity index (χ0v) is 14.8. The number of hydrogen-bond acceptors (Lipinski definition) is 3. The molecule has 1 heterocycles. The van der Waals surface area contributed by atoms with E-state index < -0.39 is 10.0 Å². The second kappa shape index (κ2) is 5.91. The molecule has 1 aromatic heterocycles. The lowest BCUT2D eigenvalue weighted by atomic mass is 9.87. The van der Waals surface area contributed by atoms with E-state index in [-0.39, 0.29) is 10.3 Å². The van der Waals surface area contributed by atoms with Crippen molar-refractivity contribution in [2.75, 3.05) is 4.72 Å². The Kier molecular flexibility index (Phi) is 4.05. The van der Waals surface area contributed by atoms with E-state index in [1.807, 2.05) is 24.3 Å². The first-order valence-electron chi connectivity index (χ1n) is 7.74. The molecule has 0 aliphatic heterocycles. The summed E-state index contributed by atoms with van der Waals surface area (Å²) in [4.78, 5) is 4.50. The maximum absolute atomic E-state index is 12.7. The molecule has 5 heteroatoms. The summed E-state index contributed by atoms with van der Waals surface area (Å²) in [6, 6.07) is 16.0. The van der Waals surface area contributed by atoms with Crippen molar-refractivity contribution in [3.63, 3.8) is 0 Å². The monoisotopic (exact) mass is 340 g/mol. The highest BCUT2D eigenvalue weighted by Crippen LogP contribution is 2.26. The van der Waals surface area contributed by atoms with Crippen molar-refractivity contribution in [1.82, 2.24) is 4.98 Å². The number of aromatic nitrogens is 1. The zero-order valence-electron chi connectivity index (χ0n) is 13.9. The van der Waals surface area contributed by atoms with Crippen LogP contribution in [0.3, 0.4) is 0 Å². The second-order valence-electron chi connectivity index (χ2n) is 6.76. The number of sulfonamides is 1. The van der Waals surface area contributed by atoms with Crippen molar-refractivity contribution >= 4 is 26.6 Å². The van der Waals surface area contributed by atoms with Crippen LogP contribution >= 0.6 is 0 Å². The molecule has 3 rings (SSSR count). The van der Waals surface area contributed by atoms with E-state index in [2.05, 4.69) is 30.5 Å². The number of rotatable bonds is 3. The number of benzene rings is 2. The van der Waals surface area contributed by atoms with Crippen LogP contribution in [0.15, 0.2) is 65.7 Å². The van der Waals surface area contributed by atoms with Crippen molar-refractivity contribution in [2.45, 2.75) is 31.1 Å². The van der Waals surface area contributed by atoms with Gasteiger partial charge in [-0.3, -0.25) is 9.71 Å². The van der Waals surface area contributed by atoms with Crippen LogP contribution < -0.4 is 4.72 Å². The predicted molar refractivity (Wildman–Crippen MR) is 97.7 cm³/mol. The van der Waals surface area contributed by atoms with Gasteiger partial charge in [0.05, 0.1) is 16.1 Å². The van der Waals surface area contributed by atoms with Gasteiger partial charge in [-0.1, -0.05) is 39.0 Å². The fourth-order valence-corrected chi connectivity index (χ4v) is 3.61. The molecule has 0 spiro atoms. The molecule has 124 valence electrons. The third-order valence-electron chi connectivity index (χ3n) is 3.92. The van der Waals surface area contributed by atoms with Crippen LogP contribution in [0.4, 0.5) is 5.69 Å². The van der Waals surface area contributed by atoms with Gasteiger partial charge in [0.2, 0.25) is 0 Å². The Morgan fingerprint density at radius 2 is 1.62 bits per heavy atom. The molecule has 0 saturated carbocycles. The minimum absolute atomic E-state index is 0.0168. The first-order chi connectivity index (χ1) is 11.3. The van der Waals surface area contributed by atoms with Crippen molar-refractivity contribution < 1.29 is 8.42 Å². The van der Waals surface area contributed by atoms with Gasteiger partial charge in [-0.15, -0.1) is 0 Å². The van der Waals surface area contributed by atoms with Crippen LogP contribution in [-0.4, -0.2) is 13.4 Å². The first-order valence-corrected chi connectivity index (χ1v) is 9.23. The number of pyridine rings is 1. The minimum Gasteiger partial charge on any atom is -0.279 e. The van der Waals surface area contributed by atoms with Crippen molar-refractivity contribution in [2.24, 2.45) is 0 Å². The average Bonchev–Trinajstić information content (AvgIpc) is 2.54. The lowest BCUT2D eigenvalue weighted by molar-refractivity contribution is 0.587. The number of fused-ring (bicyclic) bond motifs is 1. The SMILES string of the molecule is CC(C)(C)c1ccc(S(=O)(=O)Nc2cccc3ncccc23)cc1. The molecule has 0 saturated heterocycles. The number of nitrogens with one attached hydrogen (secondary N) is 1. The molecule has 0 amide bonds. The smallest absolute Gasteiger partial charge is 0.261 e. The van der Waals surface area contributed by atoms with Gasteiger partial charge in [0.25, 0.3) is 10.0 Å². The van der Waals surface area contributed by atoms with Gasteiger partial charge in [-0.2, -0.15) is 0 Å². The molecule has 24 heavy (non-hydrogen) atoms. The van der Waals surface area contributed by atoms with Crippen molar-refractivity contribution in [3.05, 3.63) is 66.4 Å². The quantitative estimate of drug-likeness (QED) is 0.772. The van der Waals surface area contributed by atoms with E-state index in [9.17, 15) is 8.42 Å². The van der Waals surface area contributed by atoms with Crippen LogP contribution in [0.25, 0.3) is 10.9 Å². The van der Waals surface area contributed by atoms with Crippen LogP contribution in [-0.2, 0) is 15.4 Å². The summed E-state index contributed by atoms with van der Waals surface area (Å²) in [6.07, 6.45) is 1.69. The Balaban J connectivity index is 1.96. The van der Waals surface area contributed by atoms with Crippen LogP contribution in [0.5, 0.6) is 0 Å². The molecule has 0 aliphatic rings. The molecule has 3 aromatic rings. The molecule has 0 fully saturated rings. The topological polar surface area (TPSA) is 59.1 Å². The van der Waals surface area contributed by atoms with Gasteiger partial charge >= 0.3 is 0 Å². The number of hydrogen-bond donors (Lipinski definition) is 1. The highest BCUT2D eigenvalue weighted by Gasteiger charge is 2.18. The van der Waals surface area contributed by atoms with Crippen molar-refractivity contribution in [1.29, 1.82) is 0 Å². The fourth-order valence-electron chi connectivity index (χ4n) is 2.53. The largest absolute Gasteiger partial charge is 0.279 e. The normalized spacial score (nSPS) is 12.3. The Morgan fingerprint density at radius 1 is 0.917 bits per heavy atom. The third kappa shape index (κ3) is 3.26.